The first-order valence-electron chi connectivity index (χ1n) is 4.57. The zero-order valence-corrected chi connectivity index (χ0v) is 11.3. The Morgan fingerprint density at radius 2 is 2.19 bits per heavy atom. The van der Waals surface area contributed by atoms with Crippen LogP contribution in [0.1, 0.15) is 10.8 Å². The summed E-state index contributed by atoms with van der Waals surface area (Å²) in [6.45, 7) is 2.59. The van der Waals surface area contributed by atoms with E-state index in [9.17, 15) is 0 Å². The van der Waals surface area contributed by atoms with E-state index in [2.05, 4.69) is 19.6 Å². The van der Waals surface area contributed by atoms with Gasteiger partial charge in [-0.15, -0.1) is 10.2 Å². The van der Waals surface area contributed by atoms with Crippen LogP contribution in [0.25, 0.3) is 0 Å². The molecule has 0 spiro atoms. The highest BCUT2D eigenvalue weighted by Gasteiger charge is 2.08. The van der Waals surface area contributed by atoms with Gasteiger partial charge in [-0.05, 0) is 30.2 Å². The molecule has 2 heterocycles. The first-order chi connectivity index (χ1) is 7.78. The molecule has 0 aliphatic rings. The van der Waals surface area contributed by atoms with Gasteiger partial charge in [0.15, 0.2) is 8.68 Å². The van der Waals surface area contributed by atoms with Crippen molar-refractivity contribution in [1.82, 2.24) is 19.6 Å². The highest BCUT2D eigenvalue weighted by Crippen LogP contribution is 2.30. The number of hydrogen-bond acceptors (Lipinski definition) is 8. The third-order valence-electron chi connectivity index (χ3n) is 1.66. The Labute approximate surface area is 105 Å². The Balaban J connectivity index is 1.97. The van der Waals surface area contributed by atoms with E-state index in [1.807, 2.05) is 6.92 Å². The normalized spacial score (nSPS) is 10.9. The van der Waals surface area contributed by atoms with Crippen molar-refractivity contribution < 1.29 is 4.74 Å². The minimum absolute atomic E-state index is 0.652. The molecule has 0 fully saturated rings. The van der Waals surface area contributed by atoms with Crippen molar-refractivity contribution in [2.45, 2.75) is 22.0 Å². The lowest BCUT2D eigenvalue weighted by atomic mass is 10.4. The van der Waals surface area contributed by atoms with Crippen LogP contribution in [0.15, 0.2) is 8.68 Å². The van der Waals surface area contributed by atoms with Crippen LogP contribution in [-0.4, -0.2) is 33.3 Å². The van der Waals surface area contributed by atoms with Crippen molar-refractivity contribution in [3.8, 4) is 0 Å². The van der Waals surface area contributed by atoms with Gasteiger partial charge in [0.05, 0.1) is 6.61 Å². The summed E-state index contributed by atoms with van der Waals surface area (Å²) in [5.74, 6) is 0.829. The lowest BCUT2D eigenvalue weighted by Crippen LogP contribution is -1.95. The van der Waals surface area contributed by atoms with Crippen molar-refractivity contribution in [3.63, 3.8) is 0 Å². The van der Waals surface area contributed by atoms with E-state index >= 15 is 0 Å². The maximum absolute atomic E-state index is 4.97. The molecule has 0 unspecified atom stereocenters. The van der Waals surface area contributed by atoms with Crippen LogP contribution in [-0.2, 0) is 11.2 Å². The molecule has 2 aromatic heterocycles. The van der Waals surface area contributed by atoms with Gasteiger partial charge < -0.3 is 4.74 Å². The number of aryl methyl sites for hydroxylation is 1. The van der Waals surface area contributed by atoms with Crippen molar-refractivity contribution in [2.24, 2.45) is 0 Å². The van der Waals surface area contributed by atoms with Gasteiger partial charge in [-0.25, -0.2) is 4.98 Å². The predicted molar refractivity (Wildman–Crippen MR) is 64.3 cm³/mol. The summed E-state index contributed by atoms with van der Waals surface area (Å²) in [4.78, 5) is 4.38. The maximum atomic E-state index is 4.97. The highest BCUT2D eigenvalue weighted by atomic mass is 32.2. The molecule has 0 aromatic carbocycles. The first kappa shape index (κ1) is 11.9. The molecule has 2 rings (SSSR count). The van der Waals surface area contributed by atoms with E-state index in [4.69, 9.17) is 4.74 Å². The molecule has 2 aromatic rings. The SMILES string of the molecule is COCCc1nsc(Sc2nnc(C)s2)n1. The molecule has 0 atom stereocenters. The van der Waals surface area contributed by atoms with E-state index in [0.29, 0.717) is 6.61 Å². The highest BCUT2D eigenvalue weighted by molar-refractivity contribution is 8.02. The average Bonchev–Trinajstić information content (AvgIpc) is 2.86. The van der Waals surface area contributed by atoms with Crippen LogP contribution in [0.4, 0.5) is 0 Å². The number of ether oxygens (including phenoxy) is 1. The van der Waals surface area contributed by atoms with E-state index < -0.39 is 0 Å². The minimum Gasteiger partial charge on any atom is -0.384 e. The summed E-state index contributed by atoms with van der Waals surface area (Å²) >= 11 is 4.47. The van der Waals surface area contributed by atoms with Gasteiger partial charge in [-0.3, -0.25) is 0 Å². The molecule has 86 valence electrons. The Morgan fingerprint density at radius 3 is 2.88 bits per heavy atom. The van der Waals surface area contributed by atoms with Crippen LogP contribution >= 0.6 is 34.6 Å². The molecule has 0 aliphatic heterocycles. The number of aromatic nitrogens is 4. The molecule has 0 aliphatic carbocycles. The molecule has 16 heavy (non-hydrogen) atoms. The third kappa shape index (κ3) is 3.21. The molecule has 8 heteroatoms. The summed E-state index contributed by atoms with van der Waals surface area (Å²) in [6, 6.07) is 0. The third-order valence-corrected chi connectivity index (χ3v) is 4.34. The summed E-state index contributed by atoms with van der Waals surface area (Å²) < 4.78 is 11.0. The molecule has 0 radical (unpaired) electrons. The van der Waals surface area contributed by atoms with E-state index in [-0.39, 0.29) is 0 Å². The predicted octanol–water partition coefficient (Wildman–Crippen LogP) is 2.04. The second kappa shape index (κ2) is 5.67. The fourth-order valence-electron chi connectivity index (χ4n) is 0.969. The molecule has 5 nitrogen and oxygen atoms in total. The standard InChI is InChI=1S/C8H10N4OS3/c1-5-10-11-8(14-5)15-7-9-6(12-16-7)3-4-13-2/h3-4H2,1-2H3. The van der Waals surface area contributed by atoms with Gasteiger partial charge in [-0.2, -0.15) is 4.37 Å². The van der Waals surface area contributed by atoms with Gasteiger partial charge in [0.25, 0.3) is 0 Å². The smallest absolute Gasteiger partial charge is 0.181 e. The van der Waals surface area contributed by atoms with Gasteiger partial charge in [0.1, 0.15) is 10.8 Å². The van der Waals surface area contributed by atoms with E-state index in [0.717, 1.165) is 25.9 Å². The van der Waals surface area contributed by atoms with Gasteiger partial charge in [0.2, 0.25) is 0 Å². The molecule has 0 amide bonds. The molecule has 0 saturated carbocycles. The Kier molecular flexibility index (Phi) is 4.22. The second-order valence-electron chi connectivity index (χ2n) is 2.91. The fraction of sp³-hybridized carbons (Fsp3) is 0.500. The van der Waals surface area contributed by atoms with Crippen LogP contribution < -0.4 is 0 Å². The summed E-state index contributed by atoms with van der Waals surface area (Å²) in [5, 5.41) is 8.95. The topological polar surface area (TPSA) is 60.8 Å². The monoisotopic (exact) mass is 274 g/mol. The molecule has 0 bridgehead atoms. The van der Waals surface area contributed by atoms with Gasteiger partial charge >= 0.3 is 0 Å². The average molecular weight is 274 g/mol. The van der Waals surface area contributed by atoms with Crippen molar-refractivity contribution >= 4 is 34.6 Å². The quantitative estimate of drug-likeness (QED) is 0.831. The number of rotatable bonds is 5. The van der Waals surface area contributed by atoms with Gasteiger partial charge in [0, 0.05) is 13.5 Å². The fourth-order valence-corrected chi connectivity index (χ4v) is 3.65. The zero-order chi connectivity index (χ0) is 11.4. The molecular formula is C8H10N4OS3. The van der Waals surface area contributed by atoms with Crippen molar-refractivity contribution in [1.29, 1.82) is 0 Å². The Morgan fingerprint density at radius 1 is 1.31 bits per heavy atom. The number of hydrogen-bond donors (Lipinski definition) is 0. The molecular weight excluding hydrogens is 264 g/mol. The summed E-state index contributed by atoms with van der Waals surface area (Å²) in [5.41, 5.74) is 0. The summed E-state index contributed by atoms with van der Waals surface area (Å²) in [7, 11) is 1.67. The van der Waals surface area contributed by atoms with Crippen molar-refractivity contribution in [2.75, 3.05) is 13.7 Å². The van der Waals surface area contributed by atoms with E-state index in [1.165, 1.54) is 23.3 Å². The lowest BCUT2D eigenvalue weighted by molar-refractivity contribution is 0.200. The van der Waals surface area contributed by atoms with Crippen LogP contribution in [0.5, 0.6) is 0 Å². The van der Waals surface area contributed by atoms with Crippen LogP contribution in [0.3, 0.4) is 0 Å². The van der Waals surface area contributed by atoms with Crippen LogP contribution in [0, 0.1) is 6.92 Å². The minimum atomic E-state index is 0.652. The number of nitrogens with zero attached hydrogens (tertiary/aromatic N) is 4. The molecule has 0 saturated heterocycles. The zero-order valence-electron chi connectivity index (χ0n) is 8.84. The van der Waals surface area contributed by atoms with Gasteiger partial charge in [-0.1, -0.05) is 11.3 Å². The summed E-state index contributed by atoms with van der Waals surface area (Å²) in [6.07, 6.45) is 0.753. The van der Waals surface area contributed by atoms with Crippen LogP contribution in [0.2, 0.25) is 0 Å². The lowest BCUT2D eigenvalue weighted by Gasteiger charge is -1.91. The largest absolute Gasteiger partial charge is 0.384 e. The number of methoxy groups -OCH3 is 1. The Hall–Kier alpha value is -0.570. The second-order valence-corrected chi connectivity index (χ2v) is 6.34. The maximum Gasteiger partial charge on any atom is 0.181 e. The first-order valence-corrected chi connectivity index (χ1v) is 6.98. The van der Waals surface area contributed by atoms with Crippen molar-refractivity contribution in [3.05, 3.63) is 10.8 Å². The van der Waals surface area contributed by atoms with E-state index in [1.54, 1.807) is 18.4 Å². The molecule has 0 N–H and O–H groups in total. The Bertz CT molecular complexity index is 456.